The van der Waals surface area contributed by atoms with E-state index < -0.39 is 0 Å². The van der Waals surface area contributed by atoms with Gasteiger partial charge in [0.15, 0.2) is 0 Å². The summed E-state index contributed by atoms with van der Waals surface area (Å²) in [5.74, 6) is 0.0984. The minimum absolute atomic E-state index is 0.0984. The molecule has 4 heteroatoms. The van der Waals surface area contributed by atoms with Gasteiger partial charge in [0.1, 0.15) is 0 Å². The number of nitrogens with two attached hydrogens (primary N) is 1. The summed E-state index contributed by atoms with van der Waals surface area (Å²) < 4.78 is 0. The molecule has 0 saturated carbocycles. The molecular weight excluding hydrogens is 226 g/mol. The van der Waals surface area contributed by atoms with E-state index in [-0.39, 0.29) is 5.91 Å². The van der Waals surface area contributed by atoms with Crippen LogP contribution in [0.5, 0.6) is 0 Å². The summed E-state index contributed by atoms with van der Waals surface area (Å²) in [6, 6.07) is 11.3. The van der Waals surface area contributed by atoms with Crippen molar-refractivity contribution in [1.29, 1.82) is 0 Å². The van der Waals surface area contributed by atoms with Gasteiger partial charge in [0.2, 0.25) is 5.91 Å². The molecular formula is C14H13N3O. The second-order valence-electron chi connectivity index (χ2n) is 4.37. The van der Waals surface area contributed by atoms with E-state index in [9.17, 15) is 4.79 Å². The van der Waals surface area contributed by atoms with Crippen molar-refractivity contribution in [3.8, 4) is 0 Å². The van der Waals surface area contributed by atoms with Crippen LogP contribution in [0.1, 0.15) is 11.3 Å². The highest BCUT2D eigenvalue weighted by Crippen LogP contribution is 2.31. The van der Waals surface area contributed by atoms with E-state index in [1.165, 1.54) is 0 Å². The van der Waals surface area contributed by atoms with Crippen molar-refractivity contribution >= 4 is 17.3 Å². The van der Waals surface area contributed by atoms with E-state index in [1.807, 2.05) is 36.4 Å². The summed E-state index contributed by atoms with van der Waals surface area (Å²) in [7, 11) is 0. The number of nitrogen functional groups attached to an aromatic ring is 1. The largest absolute Gasteiger partial charge is 0.399 e. The first kappa shape index (κ1) is 10.8. The molecule has 1 aliphatic rings. The van der Waals surface area contributed by atoms with Gasteiger partial charge < -0.3 is 10.6 Å². The number of amides is 1. The fourth-order valence-corrected chi connectivity index (χ4v) is 2.23. The third-order valence-electron chi connectivity index (χ3n) is 3.08. The topological polar surface area (TPSA) is 59.2 Å². The summed E-state index contributed by atoms with van der Waals surface area (Å²) in [6.07, 6.45) is 2.16. The highest BCUT2D eigenvalue weighted by molar-refractivity contribution is 6.01. The molecule has 4 nitrogen and oxygen atoms in total. The summed E-state index contributed by atoms with van der Waals surface area (Å²) in [5, 5.41) is 0. The number of pyridine rings is 1. The fraction of sp³-hybridized carbons (Fsp3) is 0.143. The normalized spacial score (nSPS) is 13.8. The molecule has 0 spiro atoms. The van der Waals surface area contributed by atoms with Crippen molar-refractivity contribution in [3.05, 3.63) is 53.9 Å². The van der Waals surface area contributed by atoms with Gasteiger partial charge in [-0.3, -0.25) is 9.78 Å². The maximum absolute atomic E-state index is 12.0. The van der Waals surface area contributed by atoms with Crippen molar-refractivity contribution in [2.75, 3.05) is 10.6 Å². The Bertz CT molecular complexity index is 595. The Morgan fingerprint density at radius 1 is 1.28 bits per heavy atom. The van der Waals surface area contributed by atoms with Gasteiger partial charge >= 0.3 is 0 Å². The lowest BCUT2D eigenvalue weighted by atomic mass is 10.1. The maximum atomic E-state index is 12.0. The van der Waals surface area contributed by atoms with Gasteiger partial charge in [-0.25, -0.2) is 0 Å². The number of hydrogen-bond donors (Lipinski definition) is 1. The van der Waals surface area contributed by atoms with E-state index in [0.29, 0.717) is 18.7 Å². The van der Waals surface area contributed by atoms with E-state index in [2.05, 4.69) is 4.98 Å². The third-order valence-corrected chi connectivity index (χ3v) is 3.08. The molecule has 0 fully saturated rings. The molecule has 3 rings (SSSR count). The minimum Gasteiger partial charge on any atom is -0.399 e. The van der Waals surface area contributed by atoms with Gasteiger partial charge in [-0.15, -0.1) is 0 Å². The average molecular weight is 239 g/mol. The number of hydrogen-bond acceptors (Lipinski definition) is 3. The zero-order chi connectivity index (χ0) is 12.5. The lowest BCUT2D eigenvalue weighted by Crippen LogP contribution is -2.26. The standard InChI is InChI=1S/C14H13N3O/c15-11-4-5-13-10(7-11)8-14(18)17(13)9-12-3-1-2-6-16-12/h1-7H,8-9,15H2. The Morgan fingerprint density at radius 3 is 2.94 bits per heavy atom. The number of rotatable bonds is 2. The van der Waals surface area contributed by atoms with Crippen LogP contribution in [-0.4, -0.2) is 10.9 Å². The number of benzene rings is 1. The molecule has 1 amide bonds. The Labute approximate surface area is 105 Å². The second-order valence-corrected chi connectivity index (χ2v) is 4.37. The molecule has 0 unspecified atom stereocenters. The van der Waals surface area contributed by atoms with Crippen LogP contribution in [0.15, 0.2) is 42.6 Å². The molecule has 2 aromatic rings. The first-order chi connectivity index (χ1) is 8.74. The van der Waals surface area contributed by atoms with Crippen molar-refractivity contribution in [1.82, 2.24) is 4.98 Å². The molecule has 1 aromatic carbocycles. The average Bonchev–Trinajstić information content (AvgIpc) is 2.66. The second kappa shape index (κ2) is 4.14. The number of nitrogens with zero attached hydrogens (tertiary/aromatic N) is 2. The van der Waals surface area contributed by atoms with Crippen LogP contribution in [0.3, 0.4) is 0 Å². The summed E-state index contributed by atoms with van der Waals surface area (Å²) in [4.78, 5) is 18.0. The van der Waals surface area contributed by atoms with Gasteiger partial charge in [0.05, 0.1) is 18.7 Å². The molecule has 2 heterocycles. The zero-order valence-corrected chi connectivity index (χ0v) is 9.84. The molecule has 2 N–H and O–H groups in total. The summed E-state index contributed by atoms with van der Waals surface area (Å²) in [6.45, 7) is 0.511. The third kappa shape index (κ3) is 1.82. The van der Waals surface area contributed by atoms with Crippen LogP contribution in [0, 0.1) is 0 Å². The van der Waals surface area contributed by atoms with Crippen LogP contribution >= 0.6 is 0 Å². The van der Waals surface area contributed by atoms with Gasteiger partial charge in [-0.05, 0) is 35.9 Å². The SMILES string of the molecule is Nc1ccc2c(c1)CC(=O)N2Cc1ccccn1. The van der Waals surface area contributed by atoms with Crippen LogP contribution in [0.2, 0.25) is 0 Å². The quantitative estimate of drug-likeness (QED) is 0.812. The highest BCUT2D eigenvalue weighted by Gasteiger charge is 2.27. The first-order valence-corrected chi connectivity index (χ1v) is 5.83. The lowest BCUT2D eigenvalue weighted by molar-refractivity contribution is -0.117. The van der Waals surface area contributed by atoms with E-state index in [1.54, 1.807) is 11.1 Å². The van der Waals surface area contributed by atoms with Crippen LogP contribution in [0.4, 0.5) is 11.4 Å². The monoisotopic (exact) mass is 239 g/mol. The first-order valence-electron chi connectivity index (χ1n) is 5.83. The van der Waals surface area contributed by atoms with Gasteiger partial charge in [0.25, 0.3) is 0 Å². The van der Waals surface area contributed by atoms with Crippen LogP contribution in [-0.2, 0) is 17.8 Å². The minimum atomic E-state index is 0.0984. The molecule has 18 heavy (non-hydrogen) atoms. The smallest absolute Gasteiger partial charge is 0.231 e. The fourth-order valence-electron chi connectivity index (χ4n) is 2.23. The van der Waals surface area contributed by atoms with Crippen molar-refractivity contribution in [2.45, 2.75) is 13.0 Å². The molecule has 0 bridgehead atoms. The Morgan fingerprint density at radius 2 is 2.17 bits per heavy atom. The Balaban J connectivity index is 1.93. The number of carbonyl (C=O) groups excluding carboxylic acids is 1. The summed E-state index contributed by atoms with van der Waals surface area (Å²) >= 11 is 0. The van der Waals surface area contributed by atoms with Crippen LogP contribution in [0.25, 0.3) is 0 Å². The molecule has 1 aliphatic heterocycles. The lowest BCUT2D eigenvalue weighted by Gasteiger charge is -2.16. The predicted octanol–water partition coefficient (Wildman–Crippen LogP) is 1.75. The van der Waals surface area contributed by atoms with Crippen molar-refractivity contribution < 1.29 is 4.79 Å². The van der Waals surface area contributed by atoms with E-state index >= 15 is 0 Å². The molecule has 0 radical (unpaired) electrons. The van der Waals surface area contributed by atoms with E-state index in [0.717, 1.165) is 16.9 Å². The predicted molar refractivity (Wildman–Crippen MR) is 70.0 cm³/mol. The molecule has 90 valence electrons. The summed E-state index contributed by atoms with van der Waals surface area (Å²) in [5.41, 5.74) is 9.25. The van der Waals surface area contributed by atoms with Gasteiger partial charge in [-0.2, -0.15) is 0 Å². The number of carbonyl (C=O) groups is 1. The number of anilines is 2. The van der Waals surface area contributed by atoms with Crippen molar-refractivity contribution in [3.63, 3.8) is 0 Å². The Hall–Kier alpha value is -2.36. The maximum Gasteiger partial charge on any atom is 0.231 e. The van der Waals surface area contributed by atoms with E-state index in [4.69, 9.17) is 5.73 Å². The number of fused-ring (bicyclic) bond motifs is 1. The molecule has 0 saturated heterocycles. The van der Waals surface area contributed by atoms with Crippen LogP contribution < -0.4 is 10.6 Å². The zero-order valence-electron chi connectivity index (χ0n) is 9.84. The molecule has 0 aliphatic carbocycles. The highest BCUT2D eigenvalue weighted by atomic mass is 16.2. The van der Waals surface area contributed by atoms with Gasteiger partial charge in [-0.1, -0.05) is 6.07 Å². The molecule has 1 aromatic heterocycles. The van der Waals surface area contributed by atoms with Gasteiger partial charge in [0, 0.05) is 17.6 Å². The molecule has 0 atom stereocenters. The Kier molecular flexibility index (Phi) is 2.48. The number of aromatic nitrogens is 1. The van der Waals surface area contributed by atoms with Crippen molar-refractivity contribution in [2.24, 2.45) is 0 Å².